The summed E-state index contributed by atoms with van der Waals surface area (Å²) < 4.78 is 42.7. The minimum atomic E-state index is -4.87. The van der Waals surface area contributed by atoms with Crippen molar-refractivity contribution < 1.29 is 23.1 Å². The summed E-state index contributed by atoms with van der Waals surface area (Å²) in [6, 6.07) is -0.510. The number of carbonyl (C=O) groups is 1. The summed E-state index contributed by atoms with van der Waals surface area (Å²) >= 11 is 6.42. The largest absolute Gasteiger partial charge is 0.424 e. The molecule has 0 spiro atoms. The molecular weight excluding hydrogens is 411 g/mol. The van der Waals surface area contributed by atoms with Gasteiger partial charge in [-0.1, -0.05) is 11.6 Å². The Balaban J connectivity index is 1.65. The number of aliphatic hydroxyl groups is 1. The van der Waals surface area contributed by atoms with Crippen molar-refractivity contribution in [2.45, 2.75) is 57.0 Å². The van der Waals surface area contributed by atoms with E-state index in [-0.39, 0.29) is 30.6 Å². The van der Waals surface area contributed by atoms with Gasteiger partial charge in [0.05, 0.1) is 35.2 Å². The van der Waals surface area contributed by atoms with Crippen LogP contribution in [-0.2, 0) is 19.2 Å². The van der Waals surface area contributed by atoms with Crippen LogP contribution in [0.4, 0.5) is 13.2 Å². The van der Waals surface area contributed by atoms with Crippen LogP contribution in [0.1, 0.15) is 66.3 Å². The molecule has 1 saturated carbocycles. The molecule has 0 bridgehead atoms. The molecular formula is C18H21ClF3N5O2. The van der Waals surface area contributed by atoms with Gasteiger partial charge in [0.25, 0.3) is 5.91 Å². The topological polar surface area (TPSA) is 76.2 Å². The highest BCUT2D eigenvalue weighted by Gasteiger charge is 2.55. The second-order valence-electron chi connectivity index (χ2n) is 7.99. The third-order valence-electron chi connectivity index (χ3n) is 5.61. The van der Waals surface area contributed by atoms with Gasteiger partial charge in [0.15, 0.2) is 5.82 Å². The average Bonchev–Trinajstić information content (AvgIpc) is 3.28. The van der Waals surface area contributed by atoms with E-state index in [4.69, 9.17) is 11.6 Å². The summed E-state index contributed by atoms with van der Waals surface area (Å²) in [5.74, 6) is -0.529. The highest BCUT2D eigenvalue weighted by molar-refractivity contribution is 6.34. The van der Waals surface area contributed by atoms with Crippen LogP contribution in [0.15, 0.2) is 6.20 Å². The fourth-order valence-electron chi connectivity index (χ4n) is 3.83. The third kappa shape index (κ3) is 3.13. The minimum absolute atomic E-state index is 0.0599. The van der Waals surface area contributed by atoms with Gasteiger partial charge in [0, 0.05) is 19.5 Å². The van der Waals surface area contributed by atoms with Crippen LogP contribution in [0.2, 0.25) is 5.02 Å². The van der Waals surface area contributed by atoms with Crippen LogP contribution in [0.3, 0.4) is 0 Å². The number of nitrogens with zero attached hydrogens (tertiary/aromatic N) is 5. The molecule has 11 heteroatoms. The molecule has 0 unspecified atom stereocenters. The standard InChI is InChI=1S/C18H21ClF3N5O2/c1-9-7-26(15(28)14-12(19)13(10-4-5-10)24-25(14)3)8-11-6-23-16(27(9)11)17(2,29)18(20,21)22/h6,9-10,29H,4-5,7-8H2,1-3H3/t9-,17+/m0/s1. The van der Waals surface area contributed by atoms with E-state index in [1.807, 2.05) is 0 Å². The van der Waals surface area contributed by atoms with E-state index in [0.29, 0.717) is 17.6 Å². The van der Waals surface area contributed by atoms with Crippen molar-refractivity contribution in [1.82, 2.24) is 24.2 Å². The Bertz CT molecular complexity index is 977. The summed E-state index contributed by atoms with van der Waals surface area (Å²) in [4.78, 5) is 18.5. The highest BCUT2D eigenvalue weighted by atomic mass is 35.5. The summed E-state index contributed by atoms with van der Waals surface area (Å²) in [5, 5.41) is 14.8. The molecule has 2 aromatic heterocycles. The van der Waals surface area contributed by atoms with Crippen molar-refractivity contribution in [2.75, 3.05) is 6.54 Å². The molecule has 7 nitrogen and oxygen atoms in total. The lowest BCUT2D eigenvalue weighted by Gasteiger charge is -2.36. The second-order valence-corrected chi connectivity index (χ2v) is 8.37. The molecule has 1 N–H and O–H groups in total. The van der Waals surface area contributed by atoms with Crippen LogP contribution < -0.4 is 0 Å². The number of halogens is 4. The van der Waals surface area contributed by atoms with Crippen molar-refractivity contribution in [2.24, 2.45) is 7.05 Å². The third-order valence-corrected chi connectivity index (χ3v) is 5.98. The van der Waals surface area contributed by atoms with Gasteiger partial charge in [-0.2, -0.15) is 18.3 Å². The quantitative estimate of drug-likeness (QED) is 0.810. The summed E-state index contributed by atoms with van der Waals surface area (Å²) in [5.41, 5.74) is -1.68. The first-order valence-electron chi connectivity index (χ1n) is 9.30. The molecule has 1 aliphatic heterocycles. The van der Waals surface area contributed by atoms with Gasteiger partial charge in [-0.3, -0.25) is 9.48 Å². The normalized spacial score (nSPS) is 21.8. The van der Waals surface area contributed by atoms with Gasteiger partial charge in [-0.05, 0) is 26.7 Å². The van der Waals surface area contributed by atoms with Crippen LogP contribution in [0, 0.1) is 0 Å². The number of alkyl halides is 3. The van der Waals surface area contributed by atoms with Crippen molar-refractivity contribution in [3.63, 3.8) is 0 Å². The number of rotatable bonds is 3. The second kappa shape index (κ2) is 6.46. The Hall–Kier alpha value is -2.07. The van der Waals surface area contributed by atoms with Gasteiger partial charge in [-0.15, -0.1) is 0 Å². The van der Waals surface area contributed by atoms with Gasteiger partial charge in [0.2, 0.25) is 5.60 Å². The number of hydrogen-bond acceptors (Lipinski definition) is 4. The smallest absolute Gasteiger partial charge is 0.374 e. The van der Waals surface area contributed by atoms with Crippen molar-refractivity contribution in [3.05, 3.63) is 34.1 Å². The van der Waals surface area contributed by atoms with Crippen molar-refractivity contribution in [3.8, 4) is 0 Å². The maximum atomic E-state index is 13.3. The number of amides is 1. The highest BCUT2D eigenvalue weighted by Crippen LogP contribution is 2.44. The van der Waals surface area contributed by atoms with E-state index in [2.05, 4.69) is 10.1 Å². The summed E-state index contributed by atoms with van der Waals surface area (Å²) in [7, 11) is 1.65. The lowest BCUT2D eigenvalue weighted by Crippen LogP contribution is -2.46. The Morgan fingerprint density at radius 1 is 1.34 bits per heavy atom. The molecule has 4 rings (SSSR count). The van der Waals surface area contributed by atoms with Crippen molar-refractivity contribution >= 4 is 17.5 Å². The molecule has 2 aromatic rings. The summed E-state index contributed by atoms with van der Waals surface area (Å²) in [6.07, 6.45) is -1.62. The van der Waals surface area contributed by atoms with E-state index < -0.39 is 23.6 Å². The van der Waals surface area contributed by atoms with Gasteiger partial charge in [-0.25, -0.2) is 4.98 Å². The van der Waals surface area contributed by atoms with E-state index in [1.165, 1.54) is 20.3 Å². The zero-order valence-corrected chi connectivity index (χ0v) is 16.9. The fourth-order valence-corrected chi connectivity index (χ4v) is 4.22. The van der Waals surface area contributed by atoms with E-state index in [9.17, 15) is 23.1 Å². The maximum absolute atomic E-state index is 13.3. The zero-order valence-electron chi connectivity index (χ0n) is 16.2. The first-order chi connectivity index (χ1) is 13.4. The Morgan fingerprint density at radius 3 is 2.59 bits per heavy atom. The number of aromatic nitrogens is 4. The van der Waals surface area contributed by atoms with Gasteiger partial charge >= 0.3 is 6.18 Å². The van der Waals surface area contributed by atoms with Crippen molar-refractivity contribution in [1.29, 1.82) is 0 Å². The molecule has 2 atom stereocenters. The molecule has 0 aromatic carbocycles. The van der Waals surface area contributed by atoms with Gasteiger partial charge in [0.1, 0.15) is 5.69 Å². The molecule has 158 valence electrons. The molecule has 2 aliphatic rings. The first-order valence-corrected chi connectivity index (χ1v) is 9.68. The minimum Gasteiger partial charge on any atom is -0.374 e. The molecule has 3 heterocycles. The zero-order chi connectivity index (χ0) is 21.3. The SMILES string of the molecule is C[C@H]1CN(C(=O)c2c(Cl)c(C3CC3)nn2C)Cc2cnc([C@@](C)(O)C(F)(F)F)n21. The lowest BCUT2D eigenvalue weighted by molar-refractivity contribution is -0.263. The predicted molar refractivity (Wildman–Crippen MR) is 97.5 cm³/mol. The number of imidazole rings is 1. The van der Waals surface area contributed by atoms with Crippen LogP contribution in [0.25, 0.3) is 0 Å². The molecule has 0 radical (unpaired) electrons. The lowest BCUT2D eigenvalue weighted by atomic mass is 10.0. The molecule has 0 saturated heterocycles. The van der Waals surface area contributed by atoms with Crippen LogP contribution in [-0.4, -0.2) is 48.0 Å². The van der Waals surface area contributed by atoms with E-state index in [0.717, 1.165) is 18.5 Å². The number of fused-ring (bicyclic) bond motifs is 1. The monoisotopic (exact) mass is 431 g/mol. The van der Waals surface area contributed by atoms with Crippen LogP contribution >= 0.6 is 11.6 Å². The number of hydrogen-bond donors (Lipinski definition) is 1. The van der Waals surface area contributed by atoms with Gasteiger partial charge < -0.3 is 14.6 Å². The maximum Gasteiger partial charge on any atom is 0.424 e. The van der Waals surface area contributed by atoms with E-state index >= 15 is 0 Å². The first kappa shape index (κ1) is 20.2. The number of carbonyl (C=O) groups excluding carboxylic acids is 1. The molecule has 1 fully saturated rings. The molecule has 1 aliphatic carbocycles. The molecule has 29 heavy (non-hydrogen) atoms. The molecule has 1 amide bonds. The average molecular weight is 432 g/mol. The number of aryl methyl sites for hydroxylation is 1. The Kier molecular flexibility index (Phi) is 4.51. The van der Waals surface area contributed by atoms with E-state index in [1.54, 1.807) is 14.0 Å². The Morgan fingerprint density at radius 2 is 2.00 bits per heavy atom. The Labute approximate surface area is 170 Å². The summed E-state index contributed by atoms with van der Waals surface area (Å²) in [6.45, 7) is 2.58. The predicted octanol–water partition coefficient (Wildman–Crippen LogP) is 3.13. The fraction of sp³-hybridized carbons (Fsp3) is 0.611. The van der Waals surface area contributed by atoms with Crippen LogP contribution in [0.5, 0.6) is 0 Å².